The summed E-state index contributed by atoms with van der Waals surface area (Å²) in [5.41, 5.74) is 1.06. The van der Waals surface area contributed by atoms with E-state index in [-0.39, 0.29) is 29.5 Å². The van der Waals surface area contributed by atoms with Crippen molar-refractivity contribution in [1.29, 1.82) is 0 Å². The highest BCUT2D eigenvalue weighted by molar-refractivity contribution is 8.01. The van der Waals surface area contributed by atoms with E-state index in [4.69, 9.17) is 0 Å². The molecule has 2 N–H and O–H groups in total. The van der Waals surface area contributed by atoms with Gasteiger partial charge in [-0.15, -0.1) is 11.8 Å². The van der Waals surface area contributed by atoms with Gasteiger partial charge in [-0.05, 0) is 12.5 Å². The fourth-order valence-electron chi connectivity index (χ4n) is 1.85. The highest BCUT2D eigenvalue weighted by Gasteiger charge is 2.27. The zero-order valence-electron chi connectivity index (χ0n) is 10.2. The molecule has 0 aliphatic carbocycles. The minimum atomic E-state index is -0.243. The molecular formula is C13H16N2O2S. The lowest BCUT2D eigenvalue weighted by Gasteiger charge is -2.15. The minimum absolute atomic E-state index is 0.0341. The van der Waals surface area contributed by atoms with E-state index in [1.807, 2.05) is 37.3 Å². The molecule has 4 nitrogen and oxygen atoms in total. The lowest BCUT2D eigenvalue weighted by molar-refractivity contribution is -0.125. The number of nitrogens with one attached hydrogen (secondary N) is 2. The molecule has 1 aromatic carbocycles. The second-order valence-electron chi connectivity index (χ2n) is 4.24. The Morgan fingerprint density at radius 3 is 2.83 bits per heavy atom. The number of benzene rings is 1. The first kappa shape index (κ1) is 13.0. The molecule has 1 saturated heterocycles. The Morgan fingerprint density at radius 1 is 1.50 bits per heavy atom. The maximum absolute atomic E-state index is 11.8. The van der Waals surface area contributed by atoms with Crippen LogP contribution in [0, 0.1) is 0 Å². The predicted octanol–water partition coefficient (Wildman–Crippen LogP) is 1.44. The molecule has 5 heteroatoms. The van der Waals surface area contributed by atoms with E-state index in [1.54, 1.807) is 0 Å². The van der Waals surface area contributed by atoms with Crippen molar-refractivity contribution in [2.45, 2.75) is 24.6 Å². The SMILES string of the molecule is CC(NC(=O)CC1SCNC1=O)c1ccccc1. The van der Waals surface area contributed by atoms with Gasteiger partial charge in [0.2, 0.25) is 11.8 Å². The van der Waals surface area contributed by atoms with Crippen molar-refractivity contribution in [2.24, 2.45) is 0 Å². The van der Waals surface area contributed by atoms with Gasteiger partial charge in [-0.2, -0.15) is 0 Å². The molecule has 1 aromatic rings. The van der Waals surface area contributed by atoms with E-state index in [1.165, 1.54) is 11.8 Å². The second-order valence-corrected chi connectivity index (χ2v) is 5.44. The lowest BCUT2D eigenvalue weighted by atomic mass is 10.1. The molecule has 0 aromatic heterocycles. The van der Waals surface area contributed by atoms with Crippen LogP contribution in [-0.4, -0.2) is 22.9 Å². The van der Waals surface area contributed by atoms with E-state index >= 15 is 0 Å². The summed E-state index contributed by atoms with van der Waals surface area (Å²) < 4.78 is 0. The van der Waals surface area contributed by atoms with Crippen LogP contribution in [0.4, 0.5) is 0 Å². The van der Waals surface area contributed by atoms with Gasteiger partial charge in [0.25, 0.3) is 0 Å². The molecule has 2 atom stereocenters. The summed E-state index contributed by atoms with van der Waals surface area (Å²) >= 11 is 1.48. The topological polar surface area (TPSA) is 58.2 Å². The minimum Gasteiger partial charge on any atom is -0.350 e. The Labute approximate surface area is 111 Å². The summed E-state index contributed by atoms with van der Waals surface area (Å²) in [6.07, 6.45) is 0.244. The van der Waals surface area contributed by atoms with Gasteiger partial charge < -0.3 is 10.6 Å². The zero-order valence-corrected chi connectivity index (χ0v) is 11.0. The average molecular weight is 264 g/mol. The molecule has 96 valence electrons. The summed E-state index contributed by atoms with van der Waals surface area (Å²) in [7, 11) is 0. The largest absolute Gasteiger partial charge is 0.350 e. The van der Waals surface area contributed by atoms with Crippen molar-refractivity contribution in [1.82, 2.24) is 10.6 Å². The van der Waals surface area contributed by atoms with Gasteiger partial charge in [0.05, 0.1) is 17.2 Å². The van der Waals surface area contributed by atoms with Crippen LogP contribution >= 0.6 is 11.8 Å². The molecule has 0 radical (unpaired) electrons. The smallest absolute Gasteiger partial charge is 0.234 e. The van der Waals surface area contributed by atoms with Crippen LogP contribution in [0.2, 0.25) is 0 Å². The van der Waals surface area contributed by atoms with Gasteiger partial charge in [-0.1, -0.05) is 30.3 Å². The molecular weight excluding hydrogens is 248 g/mol. The zero-order chi connectivity index (χ0) is 13.0. The third-order valence-electron chi connectivity index (χ3n) is 2.87. The first-order valence-corrected chi connectivity index (χ1v) is 6.95. The Hall–Kier alpha value is -1.49. The Morgan fingerprint density at radius 2 is 2.22 bits per heavy atom. The number of thioether (sulfide) groups is 1. The summed E-state index contributed by atoms with van der Waals surface area (Å²) in [6, 6.07) is 9.74. The third kappa shape index (κ3) is 3.26. The van der Waals surface area contributed by atoms with Crippen molar-refractivity contribution in [3.63, 3.8) is 0 Å². The molecule has 0 saturated carbocycles. The average Bonchev–Trinajstić information content (AvgIpc) is 2.76. The first-order chi connectivity index (χ1) is 8.66. The normalized spacial score (nSPS) is 20.3. The predicted molar refractivity (Wildman–Crippen MR) is 72.0 cm³/mol. The fraction of sp³-hybridized carbons (Fsp3) is 0.385. The molecule has 18 heavy (non-hydrogen) atoms. The van der Waals surface area contributed by atoms with E-state index in [0.717, 1.165) is 5.56 Å². The van der Waals surface area contributed by atoms with E-state index in [2.05, 4.69) is 10.6 Å². The van der Waals surface area contributed by atoms with Crippen molar-refractivity contribution >= 4 is 23.6 Å². The third-order valence-corrected chi connectivity index (χ3v) is 3.97. The molecule has 0 bridgehead atoms. The standard InChI is InChI=1S/C13H16N2O2S/c1-9(10-5-3-2-4-6-10)15-12(16)7-11-13(17)14-8-18-11/h2-6,9,11H,7-8H2,1H3,(H,14,17)(H,15,16). The van der Waals surface area contributed by atoms with Crippen LogP contribution in [0.3, 0.4) is 0 Å². The monoisotopic (exact) mass is 264 g/mol. The van der Waals surface area contributed by atoms with Crippen LogP contribution in [0.1, 0.15) is 24.9 Å². The quantitative estimate of drug-likeness (QED) is 0.865. The van der Waals surface area contributed by atoms with Crippen LogP contribution in [0.25, 0.3) is 0 Å². The number of carbonyl (C=O) groups is 2. The maximum Gasteiger partial charge on any atom is 0.234 e. The molecule has 1 heterocycles. The number of hydrogen-bond donors (Lipinski definition) is 2. The molecule has 1 fully saturated rings. The summed E-state index contributed by atoms with van der Waals surface area (Å²) in [6.45, 7) is 1.94. The number of hydrogen-bond acceptors (Lipinski definition) is 3. The number of carbonyl (C=O) groups excluding carboxylic acids is 2. The number of rotatable bonds is 4. The van der Waals surface area contributed by atoms with Crippen LogP contribution in [-0.2, 0) is 9.59 Å². The highest BCUT2D eigenvalue weighted by atomic mass is 32.2. The maximum atomic E-state index is 11.8. The summed E-state index contributed by atoms with van der Waals surface area (Å²) in [5, 5.41) is 5.37. The molecule has 2 unspecified atom stereocenters. The van der Waals surface area contributed by atoms with Gasteiger partial charge in [0.1, 0.15) is 0 Å². The van der Waals surface area contributed by atoms with Gasteiger partial charge in [0, 0.05) is 6.42 Å². The van der Waals surface area contributed by atoms with Crippen molar-refractivity contribution < 1.29 is 9.59 Å². The van der Waals surface area contributed by atoms with Crippen molar-refractivity contribution in [2.75, 3.05) is 5.88 Å². The van der Waals surface area contributed by atoms with Gasteiger partial charge >= 0.3 is 0 Å². The van der Waals surface area contributed by atoms with Crippen molar-refractivity contribution in [3.8, 4) is 0 Å². The Balaban J connectivity index is 1.86. The molecule has 2 rings (SSSR count). The molecule has 0 spiro atoms. The second kappa shape index (κ2) is 5.91. The van der Waals surface area contributed by atoms with Crippen LogP contribution in [0.5, 0.6) is 0 Å². The Kier molecular flexibility index (Phi) is 4.25. The fourth-order valence-corrected chi connectivity index (χ4v) is 2.78. The van der Waals surface area contributed by atoms with Gasteiger partial charge in [0.15, 0.2) is 0 Å². The van der Waals surface area contributed by atoms with Gasteiger partial charge in [-0.25, -0.2) is 0 Å². The summed E-state index contributed by atoms with van der Waals surface area (Å²) in [5.74, 6) is 0.480. The van der Waals surface area contributed by atoms with Gasteiger partial charge in [-0.3, -0.25) is 9.59 Å². The Bertz CT molecular complexity index is 436. The molecule has 1 aliphatic rings. The lowest BCUT2D eigenvalue weighted by Crippen LogP contribution is -2.32. The summed E-state index contributed by atoms with van der Waals surface area (Å²) in [4.78, 5) is 23.2. The molecule has 1 aliphatic heterocycles. The first-order valence-electron chi connectivity index (χ1n) is 5.90. The van der Waals surface area contributed by atoms with E-state index < -0.39 is 0 Å². The van der Waals surface area contributed by atoms with E-state index in [0.29, 0.717) is 5.88 Å². The molecule has 2 amide bonds. The number of amides is 2. The highest BCUT2D eigenvalue weighted by Crippen LogP contribution is 2.20. The van der Waals surface area contributed by atoms with Crippen LogP contribution < -0.4 is 10.6 Å². The van der Waals surface area contributed by atoms with Crippen molar-refractivity contribution in [3.05, 3.63) is 35.9 Å². The van der Waals surface area contributed by atoms with Crippen LogP contribution in [0.15, 0.2) is 30.3 Å². The van der Waals surface area contributed by atoms with E-state index in [9.17, 15) is 9.59 Å².